The van der Waals surface area contributed by atoms with Gasteiger partial charge in [-0.15, -0.1) is 0 Å². The van der Waals surface area contributed by atoms with Crippen molar-refractivity contribution in [3.05, 3.63) is 35.1 Å². The molecule has 0 aliphatic rings. The highest BCUT2D eigenvalue weighted by atomic mass is 35.5. The van der Waals surface area contributed by atoms with E-state index in [4.69, 9.17) is 16.7 Å². The Morgan fingerprint density at radius 1 is 1.42 bits per heavy atom. The van der Waals surface area contributed by atoms with E-state index < -0.39 is 5.97 Å². The summed E-state index contributed by atoms with van der Waals surface area (Å²) in [5.74, 6) is -0.380. The quantitative estimate of drug-likeness (QED) is 0.842. The maximum Gasteiger partial charge on any atom is 0.339 e. The number of carbonyl (C=O) groups is 1. The molecule has 2 aromatic rings. The van der Waals surface area contributed by atoms with Gasteiger partial charge in [-0.1, -0.05) is 11.6 Å². The number of anilines is 2. The number of rotatable bonds is 4. The van der Waals surface area contributed by atoms with Crippen LogP contribution in [0.2, 0.25) is 5.15 Å². The topological polar surface area (TPSA) is 80.0 Å². The number of carboxylic acid groups (broad SMARTS) is 1. The van der Waals surface area contributed by atoms with Crippen molar-refractivity contribution in [3.63, 3.8) is 0 Å². The lowest BCUT2D eigenvalue weighted by Crippen LogP contribution is -2.06. The molecule has 0 fully saturated rings. The molecule has 0 saturated carbocycles. The third kappa shape index (κ3) is 3.03. The number of aromatic nitrogens is 3. The largest absolute Gasteiger partial charge is 0.478 e. The summed E-state index contributed by atoms with van der Waals surface area (Å²) in [6, 6.07) is 4.80. The van der Waals surface area contributed by atoms with E-state index in [1.54, 1.807) is 16.9 Å². The van der Waals surface area contributed by atoms with Crippen LogP contribution in [-0.2, 0) is 0 Å². The van der Waals surface area contributed by atoms with Crippen LogP contribution >= 0.6 is 11.6 Å². The molecule has 2 aromatic heterocycles. The van der Waals surface area contributed by atoms with Gasteiger partial charge >= 0.3 is 5.97 Å². The van der Waals surface area contributed by atoms with Crippen molar-refractivity contribution >= 4 is 29.2 Å². The fraction of sp³-hybridized carbons (Fsp3) is 0.250. The normalized spacial score (nSPS) is 10.7. The number of hydrogen-bond acceptors (Lipinski definition) is 4. The average Bonchev–Trinajstić information content (AvgIpc) is 2.77. The predicted octanol–water partition coefficient (Wildman–Crippen LogP) is 2.95. The highest BCUT2D eigenvalue weighted by Gasteiger charge is 2.13. The van der Waals surface area contributed by atoms with Crippen molar-refractivity contribution in [2.24, 2.45) is 0 Å². The molecule has 0 aliphatic heterocycles. The summed E-state index contributed by atoms with van der Waals surface area (Å²) in [6.07, 6.45) is 1.80. The van der Waals surface area contributed by atoms with Crippen LogP contribution in [0.3, 0.4) is 0 Å². The molecule has 0 atom stereocenters. The highest BCUT2D eigenvalue weighted by molar-refractivity contribution is 6.29. The van der Waals surface area contributed by atoms with E-state index in [0.717, 1.165) is 0 Å². The Labute approximate surface area is 115 Å². The van der Waals surface area contributed by atoms with Crippen molar-refractivity contribution in [1.29, 1.82) is 0 Å². The van der Waals surface area contributed by atoms with Crippen LogP contribution in [-0.4, -0.2) is 25.8 Å². The summed E-state index contributed by atoms with van der Waals surface area (Å²) in [4.78, 5) is 15.1. The number of hydrogen-bond donors (Lipinski definition) is 2. The number of halogens is 1. The first-order chi connectivity index (χ1) is 8.97. The van der Waals surface area contributed by atoms with Crippen molar-refractivity contribution < 1.29 is 9.90 Å². The second-order valence-corrected chi connectivity index (χ2v) is 4.62. The second-order valence-electron chi connectivity index (χ2n) is 4.24. The van der Waals surface area contributed by atoms with E-state index in [-0.39, 0.29) is 22.6 Å². The Morgan fingerprint density at radius 3 is 2.74 bits per heavy atom. The molecule has 100 valence electrons. The molecule has 2 N–H and O–H groups in total. The Bertz CT molecular complexity index is 610. The maximum absolute atomic E-state index is 11.1. The fourth-order valence-electron chi connectivity index (χ4n) is 1.52. The first kappa shape index (κ1) is 13.4. The lowest BCUT2D eigenvalue weighted by atomic mass is 10.2. The highest BCUT2D eigenvalue weighted by Crippen LogP contribution is 2.20. The number of aromatic carboxylic acids is 1. The Morgan fingerprint density at radius 2 is 2.16 bits per heavy atom. The number of carboxylic acids is 1. The van der Waals surface area contributed by atoms with Gasteiger partial charge < -0.3 is 10.4 Å². The Balaban J connectivity index is 2.31. The molecule has 2 heterocycles. The minimum atomic E-state index is -1.07. The zero-order valence-electron chi connectivity index (χ0n) is 10.5. The molecule has 0 amide bonds. The first-order valence-electron chi connectivity index (χ1n) is 5.69. The molecule has 0 bridgehead atoms. The minimum absolute atomic E-state index is 0.0449. The average molecular weight is 281 g/mol. The van der Waals surface area contributed by atoms with Gasteiger partial charge in [-0.05, 0) is 26.0 Å². The molecular formula is C12H13ClN4O2. The summed E-state index contributed by atoms with van der Waals surface area (Å²) in [7, 11) is 0. The van der Waals surface area contributed by atoms with Gasteiger partial charge in [0, 0.05) is 18.3 Å². The van der Waals surface area contributed by atoms with E-state index in [0.29, 0.717) is 5.82 Å². The summed E-state index contributed by atoms with van der Waals surface area (Å²) >= 11 is 5.77. The molecule has 19 heavy (non-hydrogen) atoms. The molecule has 0 spiro atoms. The Hall–Kier alpha value is -2.08. The maximum atomic E-state index is 11.1. The molecule has 2 rings (SSSR count). The van der Waals surface area contributed by atoms with E-state index in [2.05, 4.69) is 15.4 Å². The van der Waals surface area contributed by atoms with Crippen molar-refractivity contribution in [2.45, 2.75) is 19.9 Å². The van der Waals surface area contributed by atoms with Crippen LogP contribution in [0.25, 0.3) is 0 Å². The van der Waals surface area contributed by atoms with Crippen LogP contribution in [0.15, 0.2) is 24.4 Å². The number of nitrogens with one attached hydrogen (secondary N) is 1. The molecule has 0 aliphatic carbocycles. The molecule has 6 nitrogen and oxygen atoms in total. The van der Waals surface area contributed by atoms with E-state index in [1.807, 2.05) is 13.8 Å². The fourth-order valence-corrected chi connectivity index (χ4v) is 1.66. The summed E-state index contributed by atoms with van der Waals surface area (Å²) in [6.45, 7) is 3.99. The van der Waals surface area contributed by atoms with Crippen molar-refractivity contribution in [2.75, 3.05) is 5.32 Å². The van der Waals surface area contributed by atoms with Crippen LogP contribution in [0.4, 0.5) is 11.6 Å². The van der Waals surface area contributed by atoms with Gasteiger partial charge in [0.05, 0.1) is 0 Å². The summed E-state index contributed by atoms with van der Waals surface area (Å²) in [5, 5.41) is 16.4. The zero-order chi connectivity index (χ0) is 14.0. The zero-order valence-corrected chi connectivity index (χ0v) is 11.2. The van der Waals surface area contributed by atoms with E-state index in [1.165, 1.54) is 12.1 Å². The lowest BCUT2D eigenvalue weighted by Gasteiger charge is -2.07. The minimum Gasteiger partial charge on any atom is -0.478 e. The first-order valence-corrected chi connectivity index (χ1v) is 6.07. The van der Waals surface area contributed by atoms with Crippen LogP contribution in [0.1, 0.15) is 30.2 Å². The smallest absolute Gasteiger partial charge is 0.339 e. The lowest BCUT2D eigenvalue weighted by molar-refractivity contribution is 0.0697. The molecule has 7 heteroatoms. The van der Waals surface area contributed by atoms with Gasteiger partial charge in [-0.3, -0.25) is 4.68 Å². The van der Waals surface area contributed by atoms with E-state index in [9.17, 15) is 4.79 Å². The summed E-state index contributed by atoms with van der Waals surface area (Å²) < 4.78 is 1.76. The molecule has 0 aromatic carbocycles. The van der Waals surface area contributed by atoms with Gasteiger partial charge in [0.25, 0.3) is 0 Å². The number of nitrogens with zero attached hydrogens (tertiary/aromatic N) is 3. The predicted molar refractivity (Wildman–Crippen MR) is 72.1 cm³/mol. The van der Waals surface area contributed by atoms with Gasteiger partial charge in [0.15, 0.2) is 5.82 Å². The third-order valence-electron chi connectivity index (χ3n) is 2.48. The molecule has 0 radical (unpaired) electrons. The van der Waals surface area contributed by atoms with Crippen molar-refractivity contribution in [1.82, 2.24) is 14.8 Å². The SMILES string of the molecule is CC(C)n1ccc(Nc2nc(Cl)ccc2C(=O)O)n1. The van der Waals surface area contributed by atoms with Crippen molar-refractivity contribution in [3.8, 4) is 0 Å². The summed E-state index contributed by atoms with van der Waals surface area (Å²) in [5.41, 5.74) is 0.0449. The van der Waals surface area contributed by atoms with E-state index >= 15 is 0 Å². The molecular weight excluding hydrogens is 268 g/mol. The Kier molecular flexibility index (Phi) is 3.71. The third-order valence-corrected chi connectivity index (χ3v) is 2.69. The van der Waals surface area contributed by atoms with Gasteiger partial charge in [-0.25, -0.2) is 9.78 Å². The second kappa shape index (κ2) is 5.27. The van der Waals surface area contributed by atoms with Crippen LogP contribution in [0, 0.1) is 0 Å². The molecule has 0 saturated heterocycles. The number of pyridine rings is 1. The van der Waals surface area contributed by atoms with Crippen LogP contribution < -0.4 is 5.32 Å². The monoisotopic (exact) mass is 280 g/mol. The van der Waals surface area contributed by atoms with Crippen LogP contribution in [0.5, 0.6) is 0 Å². The standard InChI is InChI=1S/C12H13ClN4O2/c1-7(2)17-6-5-10(16-17)15-11-8(12(18)19)3-4-9(13)14-11/h3-7H,1-2H3,(H,18,19)(H,14,15,16). The molecule has 0 unspecified atom stereocenters. The van der Waals surface area contributed by atoms with Gasteiger partial charge in [-0.2, -0.15) is 5.10 Å². The van der Waals surface area contributed by atoms with Gasteiger partial charge in [0.2, 0.25) is 0 Å². The van der Waals surface area contributed by atoms with Gasteiger partial charge in [0.1, 0.15) is 16.5 Å².